The number of carboxylic acids is 1. The predicted octanol–water partition coefficient (Wildman–Crippen LogP) is 1.76. The molecule has 1 aromatic rings. The average Bonchev–Trinajstić information content (AvgIpc) is 2.48. The van der Waals surface area contributed by atoms with Gasteiger partial charge in [0, 0.05) is 30.9 Å². The maximum atomic E-state index is 12.1. The van der Waals surface area contributed by atoms with Gasteiger partial charge < -0.3 is 20.6 Å². The first-order valence-electron chi connectivity index (χ1n) is 7.56. The Balaban J connectivity index is 1.89. The molecule has 0 aromatic heterocycles. The maximum Gasteiger partial charge on any atom is 0.319 e. The molecule has 7 nitrogen and oxygen atoms in total. The van der Waals surface area contributed by atoms with Crippen LogP contribution >= 0.6 is 0 Å². The van der Waals surface area contributed by atoms with Gasteiger partial charge in [-0.05, 0) is 38.0 Å². The minimum atomic E-state index is -0.824. The zero-order chi connectivity index (χ0) is 17.0. The number of anilines is 1. The molecule has 0 aliphatic heterocycles. The summed E-state index contributed by atoms with van der Waals surface area (Å²) < 4.78 is 0. The van der Waals surface area contributed by atoms with Crippen LogP contribution in [0.1, 0.15) is 30.1 Å². The average molecular weight is 319 g/mol. The van der Waals surface area contributed by atoms with Crippen LogP contribution in [0.5, 0.6) is 0 Å². The number of carbonyl (C=O) groups excluding carboxylic acids is 2. The molecular weight excluding hydrogens is 298 g/mol. The summed E-state index contributed by atoms with van der Waals surface area (Å²) in [7, 11) is 1.71. The van der Waals surface area contributed by atoms with Gasteiger partial charge in [-0.1, -0.05) is 6.07 Å². The SMILES string of the molecule is CCN(C)C(=O)c1cccc(NC(=O)NC2CC(C(=O)O)C2)c1. The van der Waals surface area contributed by atoms with Gasteiger partial charge in [0.1, 0.15) is 0 Å². The Kier molecular flexibility index (Phi) is 5.20. The summed E-state index contributed by atoms with van der Waals surface area (Å²) in [5, 5.41) is 14.2. The molecule has 1 aromatic carbocycles. The van der Waals surface area contributed by atoms with E-state index in [1.807, 2.05) is 6.92 Å². The lowest BCUT2D eigenvalue weighted by atomic mass is 9.80. The third kappa shape index (κ3) is 4.21. The quantitative estimate of drug-likeness (QED) is 0.770. The van der Waals surface area contributed by atoms with Gasteiger partial charge in [0.2, 0.25) is 0 Å². The summed E-state index contributed by atoms with van der Waals surface area (Å²) in [6.45, 7) is 2.49. The Bertz CT molecular complexity index is 611. The minimum absolute atomic E-state index is 0.111. The van der Waals surface area contributed by atoms with Crippen molar-refractivity contribution >= 4 is 23.6 Å². The molecule has 1 fully saturated rings. The van der Waals surface area contributed by atoms with E-state index < -0.39 is 12.0 Å². The van der Waals surface area contributed by atoms with Crippen molar-refractivity contribution < 1.29 is 19.5 Å². The van der Waals surface area contributed by atoms with Crippen LogP contribution in [0.15, 0.2) is 24.3 Å². The fraction of sp³-hybridized carbons (Fsp3) is 0.438. The molecule has 3 N–H and O–H groups in total. The van der Waals surface area contributed by atoms with Crippen molar-refractivity contribution in [1.29, 1.82) is 0 Å². The highest BCUT2D eigenvalue weighted by atomic mass is 16.4. The minimum Gasteiger partial charge on any atom is -0.481 e. The van der Waals surface area contributed by atoms with E-state index in [0.717, 1.165) is 0 Å². The lowest BCUT2D eigenvalue weighted by Gasteiger charge is -2.32. The topological polar surface area (TPSA) is 98.7 Å². The van der Waals surface area contributed by atoms with Crippen LogP contribution in [0.4, 0.5) is 10.5 Å². The standard InChI is InChI=1S/C16H21N3O4/c1-3-19(2)14(20)10-5-4-6-12(7-10)17-16(23)18-13-8-11(9-13)15(21)22/h4-7,11,13H,3,8-9H2,1-2H3,(H,21,22)(H2,17,18,23). The number of carboxylic acid groups (broad SMARTS) is 1. The lowest BCUT2D eigenvalue weighted by molar-refractivity contribution is -0.145. The Labute approximate surface area is 134 Å². The highest BCUT2D eigenvalue weighted by Gasteiger charge is 2.35. The molecule has 2 rings (SSSR count). The van der Waals surface area contributed by atoms with Gasteiger partial charge in [0.25, 0.3) is 5.91 Å². The van der Waals surface area contributed by atoms with E-state index in [-0.39, 0.29) is 17.9 Å². The molecule has 7 heteroatoms. The van der Waals surface area contributed by atoms with Crippen LogP contribution in [0, 0.1) is 5.92 Å². The second-order valence-corrected chi connectivity index (χ2v) is 5.70. The van der Waals surface area contributed by atoms with E-state index in [0.29, 0.717) is 30.6 Å². The number of carbonyl (C=O) groups is 3. The molecule has 23 heavy (non-hydrogen) atoms. The first-order chi connectivity index (χ1) is 10.9. The van der Waals surface area contributed by atoms with Crippen molar-refractivity contribution in [2.45, 2.75) is 25.8 Å². The molecule has 0 spiro atoms. The second kappa shape index (κ2) is 7.13. The Morgan fingerprint density at radius 2 is 2.00 bits per heavy atom. The van der Waals surface area contributed by atoms with E-state index in [1.165, 1.54) is 0 Å². The molecule has 0 heterocycles. The summed E-state index contributed by atoms with van der Waals surface area (Å²) in [5.74, 6) is -1.31. The summed E-state index contributed by atoms with van der Waals surface area (Å²) in [6.07, 6.45) is 0.894. The molecule has 1 saturated carbocycles. The fourth-order valence-corrected chi connectivity index (χ4v) is 2.38. The van der Waals surface area contributed by atoms with Crippen LogP contribution in [-0.2, 0) is 4.79 Å². The zero-order valence-corrected chi connectivity index (χ0v) is 13.2. The number of amides is 3. The molecule has 0 bridgehead atoms. The monoisotopic (exact) mass is 319 g/mol. The molecule has 0 atom stereocenters. The molecular formula is C16H21N3O4. The summed E-state index contributed by atoms with van der Waals surface area (Å²) in [6, 6.07) is 6.20. The van der Waals surface area contributed by atoms with E-state index in [1.54, 1.807) is 36.2 Å². The number of hydrogen-bond acceptors (Lipinski definition) is 3. The number of nitrogens with zero attached hydrogens (tertiary/aromatic N) is 1. The number of urea groups is 1. The van der Waals surface area contributed by atoms with Crippen molar-refractivity contribution in [1.82, 2.24) is 10.2 Å². The zero-order valence-electron chi connectivity index (χ0n) is 13.2. The number of hydrogen-bond donors (Lipinski definition) is 3. The molecule has 1 aliphatic carbocycles. The van der Waals surface area contributed by atoms with E-state index in [9.17, 15) is 14.4 Å². The highest BCUT2D eigenvalue weighted by molar-refractivity contribution is 5.96. The van der Waals surface area contributed by atoms with Gasteiger partial charge in [-0.3, -0.25) is 9.59 Å². The smallest absolute Gasteiger partial charge is 0.319 e. The van der Waals surface area contributed by atoms with Crippen molar-refractivity contribution in [3.05, 3.63) is 29.8 Å². The van der Waals surface area contributed by atoms with Crippen molar-refractivity contribution in [3.8, 4) is 0 Å². The third-order valence-electron chi connectivity index (χ3n) is 4.01. The molecule has 0 unspecified atom stereocenters. The number of benzene rings is 1. The van der Waals surface area contributed by atoms with Crippen LogP contribution in [-0.4, -0.2) is 47.5 Å². The lowest BCUT2D eigenvalue weighted by Crippen LogP contribution is -2.48. The predicted molar refractivity (Wildman–Crippen MR) is 85.4 cm³/mol. The van der Waals surface area contributed by atoms with Gasteiger partial charge in [0.15, 0.2) is 0 Å². The Hall–Kier alpha value is -2.57. The first-order valence-corrected chi connectivity index (χ1v) is 7.56. The van der Waals surface area contributed by atoms with Gasteiger partial charge in [-0.2, -0.15) is 0 Å². The molecule has 1 aliphatic rings. The van der Waals surface area contributed by atoms with Gasteiger partial charge >= 0.3 is 12.0 Å². The summed E-state index contributed by atoms with van der Waals surface area (Å²) in [4.78, 5) is 36.3. The van der Waals surface area contributed by atoms with E-state index in [4.69, 9.17) is 5.11 Å². The summed E-state index contributed by atoms with van der Waals surface area (Å²) >= 11 is 0. The number of rotatable bonds is 5. The first kappa shape index (κ1) is 16.8. The Morgan fingerprint density at radius 3 is 2.61 bits per heavy atom. The normalized spacial score (nSPS) is 19.4. The summed E-state index contributed by atoms with van der Waals surface area (Å²) in [5.41, 5.74) is 1.02. The molecule has 0 radical (unpaired) electrons. The fourth-order valence-electron chi connectivity index (χ4n) is 2.38. The number of aliphatic carboxylic acids is 1. The largest absolute Gasteiger partial charge is 0.481 e. The maximum absolute atomic E-state index is 12.1. The third-order valence-corrected chi connectivity index (χ3v) is 4.01. The Morgan fingerprint density at radius 1 is 1.30 bits per heavy atom. The molecule has 124 valence electrons. The second-order valence-electron chi connectivity index (χ2n) is 5.70. The van der Waals surface area contributed by atoms with Gasteiger partial charge in [-0.25, -0.2) is 4.79 Å². The van der Waals surface area contributed by atoms with Gasteiger partial charge in [-0.15, -0.1) is 0 Å². The van der Waals surface area contributed by atoms with Crippen molar-refractivity contribution in [2.24, 2.45) is 5.92 Å². The van der Waals surface area contributed by atoms with Crippen LogP contribution in [0.3, 0.4) is 0 Å². The molecule has 0 saturated heterocycles. The van der Waals surface area contributed by atoms with Crippen LogP contribution in [0.25, 0.3) is 0 Å². The van der Waals surface area contributed by atoms with Crippen molar-refractivity contribution in [2.75, 3.05) is 18.9 Å². The van der Waals surface area contributed by atoms with E-state index in [2.05, 4.69) is 10.6 Å². The van der Waals surface area contributed by atoms with E-state index >= 15 is 0 Å². The van der Waals surface area contributed by atoms with Crippen molar-refractivity contribution in [3.63, 3.8) is 0 Å². The highest BCUT2D eigenvalue weighted by Crippen LogP contribution is 2.27. The van der Waals surface area contributed by atoms with Crippen LogP contribution < -0.4 is 10.6 Å². The van der Waals surface area contributed by atoms with Gasteiger partial charge in [0.05, 0.1) is 5.92 Å². The van der Waals surface area contributed by atoms with Crippen LogP contribution in [0.2, 0.25) is 0 Å². The number of nitrogens with one attached hydrogen (secondary N) is 2. The molecule has 3 amide bonds.